The lowest BCUT2D eigenvalue weighted by atomic mass is 9.63. The van der Waals surface area contributed by atoms with Crippen LogP contribution in [0, 0.1) is 0 Å². The zero-order chi connectivity index (χ0) is 18.8. The van der Waals surface area contributed by atoms with Gasteiger partial charge in [0.2, 0.25) is 0 Å². The third-order valence-corrected chi connectivity index (χ3v) is 7.63. The van der Waals surface area contributed by atoms with Gasteiger partial charge in [0.15, 0.2) is 0 Å². The van der Waals surface area contributed by atoms with Crippen LogP contribution in [0.2, 0.25) is 0 Å². The molecule has 1 nitrogen and oxygen atoms in total. The molecule has 0 bridgehead atoms. The number of thiophene rings is 1. The second-order valence-electron chi connectivity index (χ2n) is 9.14. The Hall–Kier alpha value is -2.19. The molecule has 0 radical (unpaired) electrons. The molecule has 5 rings (SSSR count). The van der Waals surface area contributed by atoms with Crippen molar-refractivity contribution in [2.75, 3.05) is 0 Å². The van der Waals surface area contributed by atoms with Crippen molar-refractivity contribution in [3.05, 3.63) is 65.9 Å². The standard InChI is InChI=1S/C25H25NS/c1-24(2)13-14-25(3,4)20-19(24)11-10-17-18-12-15-26-21(23(18)27-22(17)20)16-8-6-5-7-9-16/h5-12,15H,13-14H2,1-4H3. The van der Waals surface area contributed by atoms with Crippen LogP contribution in [0.25, 0.3) is 31.4 Å². The molecule has 27 heavy (non-hydrogen) atoms. The number of hydrogen-bond acceptors (Lipinski definition) is 2. The topological polar surface area (TPSA) is 12.9 Å². The van der Waals surface area contributed by atoms with E-state index in [2.05, 4.69) is 76.2 Å². The Balaban J connectivity index is 1.89. The summed E-state index contributed by atoms with van der Waals surface area (Å²) in [6, 6.07) is 17.5. The zero-order valence-electron chi connectivity index (χ0n) is 16.5. The molecule has 0 N–H and O–H groups in total. The van der Waals surface area contributed by atoms with E-state index in [0.717, 1.165) is 5.69 Å². The Bertz CT molecular complexity index is 1170. The first kappa shape index (κ1) is 16.9. The number of pyridine rings is 1. The molecule has 4 aromatic rings. The maximum Gasteiger partial charge on any atom is 0.0880 e. The second-order valence-corrected chi connectivity index (χ2v) is 10.2. The molecule has 2 heterocycles. The Morgan fingerprint density at radius 2 is 1.48 bits per heavy atom. The minimum Gasteiger partial charge on any atom is -0.255 e. The van der Waals surface area contributed by atoms with Gasteiger partial charge in [-0.15, -0.1) is 11.3 Å². The quantitative estimate of drug-likeness (QED) is 0.338. The predicted octanol–water partition coefficient (Wildman–Crippen LogP) is 7.47. The number of rotatable bonds is 1. The van der Waals surface area contributed by atoms with Gasteiger partial charge >= 0.3 is 0 Å². The van der Waals surface area contributed by atoms with E-state index in [4.69, 9.17) is 4.98 Å². The van der Waals surface area contributed by atoms with E-state index in [1.807, 2.05) is 17.5 Å². The van der Waals surface area contributed by atoms with Crippen LogP contribution in [0.4, 0.5) is 0 Å². The minimum atomic E-state index is 0.214. The highest BCUT2D eigenvalue weighted by Gasteiger charge is 2.38. The van der Waals surface area contributed by atoms with Crippen LogP contribution < -0.4 is 0 Å². The maximum atomic E-state index is 4.76. The van der Waals surface area contributed by atoms with Crippen molar-refractivity contribution >= 4 is 31.5 Å². The van der Waals surface area contributed by atoms with Gasteiger partial charge in [-0.05, 0) is 40.9 Å². The summed E-state index contributed by atoms with van der Waals surface area (Å²) >= 11 is 1.94. The summed E-state index contributed by atoms with van der Waals surface area (Å²) in [5, 5.41) is 2.73. The molecule has 0 saturated carbocycles. The number of nitrogens with zero attached hydrogens (tertiary/aromatic N) is 1. The van der Waals surface area contributed by atoms with E-state index in [9.17, 15) is 0 Å². The summed E-state index contributed by atoms with van der Waals surface area (Å²) in [5.41, 5.74) is 5.86. The van der Waals surface area contributed by atoms with Crippen LogP contribution in [0.5, 0.6) is 0 Å². The molecule has 2 aromatic carbocycles. The summed E-state index contributed by atoms with van der Waals surface area (Å²) in [7, 11) is 0. The lowest BCUT2D eigenvalue weighted by Gasteiger charge is -2.42. The molecule has 2 aromatic heterocycles. The van der Waals surface area contributed by atoms with Crippen LogP contribution in [-0.2, 0) is 10.8 Å². The third-order valence-electron chi connectivity index (χ3n) is 6.38. The number of fused-ring (bicyclic) bond motifs is 5. The van der Waals surface area contributed by atoms with Crippen LogP contribution >= 0.6 is 11.3 Å². The van der Waals surface area contributed by atoms with Crippen molar-refractivity contribution in [1.82, 2.24) is 4.98 Å². The summed E-state index contributed by atoms with van der Waals surface area (Å²) in [4.78, 5) is 4.76. The van der Waals surface area contributed by atoms with Crippen LogP contribution in [0.1, 0.15) is 51.7 Å². The zero-order valence-corrected chi connectivity index (χ0v) is 17.3. The van der Waals surface area contributed by atoms with Crippen molar-refractivity contribution < 1.29 is 0 Å². The first-order chi connectivity index (χ1) is 12.9. The highest BCUT2D eigenvalue weighted by Crippen LogP contribution is 2.51. The first-order valence-electron chi connectivity index (χ1n) is 9.79. The molecule has 1 aliphatic carbocycles. The van der Waals surface area contributed by atoms with Gasteiger partial charge in [-0.1, -0.05) is 70.2 Å². The summed E-state index contributed by atoms with van der Waals surface area (Å²) in [5.74, 6) is 0. The monoisotopic (exact) mass is 371 g/mol. The van der Waals surface area contributed by atoms with Crippen molar-refractivity contribution in [3.63, 3.8) is 0 Å². The lowest BCUT2D eigenvalue weighted by molar-refractivity contribution is 0.335. The van der Waals surface area contributed by atoms with Crippen molar-refractivity contribution in [3.8, 4) is 11.3 Å². The molecule has 0 amide bonds. The minimum absolute atomic E-state index is 0.214. The molecule has 0 atom stereocenters. The van der Waals surface area contributed by atoms with Crippen LogP contribution in [0.3, 0.4) is 0 Å². The normalized spacial score (nSPS) is 17.9. The van der Waals surface area contributed by atoms with E-state index in [1.165, 1.54) is 44.1 Å². The molecule has 0 saturated heterocycles. The fourth-order valence-electron chi connectivity index (χ4n) is 4.69. The highest BCUT2D eigenvalue weighted by atomic mass is 32.1. The number of aromatic nitrogens is 1. The Morgan fingerprint density at radius 1 is 0.778 bits per heavy atom. The fourth-order valence-corrected chi connectivity index (χ4v) is 6.22. The van der Waals surface area contributed by atoms with Gasteiger partial charge in [0.05, 0.1) is 10.4 Å². The molecule has 2 heteroatoms. The molecule has 1 aliphatic rings. The third kappa shape index (κ3) is 2.46. The summed E-state index contributed by atoms with van der Waals surface area (Å²) in [6.45, 7) is 9.64. The second kappa shape index (κ2) is 5.65. The lowest BCUT2D eigenvalue weighted by Crippen LogP contribution is -2.33. The summed E-state index contributed by atoms with van der Waals surface area (Å²) in [6.07, 6.45) is 4.45. The van der Waals surface area contributed by atoms with Gasteiger partial charge in [0, 0.05) is 27.2 Å². The maximum absolute atomic E-state index is 4.76. The van der Waals surface area contributed by atoms with E-state index < -0.39 is 0 Å². The molecule has 0 spiro atoms. The van der Waals surface area contributed by atoms with E-state index in [0.29, 0.717) is 0 Å². The van der Waals surface area contributed by atoms with Gasteiger partial charge in [-0.3, -0.25) is 4.98 Å². The highest BCUT2D eigenvalue weighted by molar-refractivity contribution is 7.26. The van der Waals surface area contributed by atoms with Gasteiger partial charge in [0.25, 0.3) is 0 Å². The average Bonchev–Trinajstić information content (AvgIpc) is 3.04. The Morgan fingerprint density at radius 3 is 2.26 bits per heavy atom. The molecular weight excluding hydrogens is 346 g/mol. The number of benzene rings is 2. The predicted molar refractivity (Wildman–Crippen MR) is 118 cm³/mol. The smallest absolute Gasteiger partial charge is 0.0880 e. The average molecular weight is 372 g/mol. The molecule has 0 aliphatic heterocycles. The van der Waals surface area contributed by atoms with Crippen molar-refractivity contribution in [1.29, 1.82) is 0 Å². The largest absolute Gasteiger partial charge is 0.255 e. The fraction of sp³-hybridized carbons (Fsp3) is 0.320. The van der Waals surface area contributed by atoms with Crippen LogP contribution in [0.15, 0.2) is 54.7 Å². The Kier molecular flexibility index (Phi) is 3.55. The molecule has 0 fully saturated rings. The SMILES string of the molecule is CC1(C)CCC(C)(C)c2c1ccc1c2sc2c(-c3ccccc3)nccc21. The molecule has 136 valence electrons. The molecular formula is C25H25NS. The number of hydrogen-bond donors (Lipinski definition) is 0. The van der Waals surface area contributed by atoms with Crippen molar-refractivity contribution in [2.45, 2.75) is 51.4 Å². The summed E-state index contributed by atoms with van der Waals surface area (Å²) < 4.78 is 2.77. The van der Waals surface area contributed by atoms with Crippen LogP contribution in [-0.4, -0.2) is 4.98 Å². The van der Waals surface area contributed by atoms with Gasteiger partial charge in [0.1, 0.15) is 0 Å². The van der Waals surface area contributed by atoms with E-state index in [1.54, 1.807) is 5.56 Å². The molecule has 0 unspecified atom stereocenters. The van der Waals surface area contributed by atoms with E-state index >= 15 is 0 Å². The van der Waals surface area contributed by atoms with Gasteiger partial charge < -0.3 is 0 Å². The van der Waals surface area contributed by atoms with Gasteiger partial charge in [-0.25, -0.2) is 0 Å². The van der Waals surface area contributed by atoms with Crippen molar-refractivity contribution in [2.24, 2.45) is 0 Å². The van der Waals surface area contributed by atoms with Gasteiger partial charge in [-0.2, -0.15) is 0 Å². The first-order valence-corrected chi connectivity index (χ1v) is 10.6. The Labute approximate surface area is 165 Å². The van der Waals surface area contributed by atoms with E-state index in [-0.39, 0.29) is 10.8 Å².